The Morgan fingerprint density at radius 1 is 0.889 bits per heavy atom. The smallest absolute Gasteiger partial charge is 0.300 e. The van der Waals surface area contributed by atoms with Crippen molar-refractivity contribution in [1.29, 1.82) is 0 Å². The van der Waals surface area contributed by atoms with Crippen LogP contribution in [0.4, 0.5) is 13.2 Å². The van der Waals surface area contributed by atoms with Crippen molar-refractivity contribution in [2.45, 2.75) is 97.3 Å². The van der Waals surface area contributed by atoms with Gasteiger partial charge in [0, 0.05) is 25.7 Å². The lowest BCUT2D eigenvalue weighted by Crippen LogP contribution is -2.60. The Bertz CT molecular complexity index is 414. The average molecular weight is 391 g/mol. The Labute approximate surface area is 164 Å². The summed E-state index contributed by atoms with van der Waals surface area (Å²) in [4.78, 5) is 3.66. The first-order valence-electron chi connectivity index (χ1n) is 11.2. The normalized spacial score (nSPS) is 29.0. The molecule has 160 valence electrons. The van der Waals surface area contributed by atoms with Crippen molar-refractivity contribution in [1.82, 2.24) is 9.80 Å². The van der Waals surface area contributed by atoms with E-state index in [0.717, 1.165) is 37.3 Å². The van der Waals surface area contributed by atoms with Gasteiger partial charge in [0.2, 0.25) is 0 Å². The van der Waals surface area contributed by atoms with E-state index in [1.54, 1.807) is 4.90 Å². The molecule has 0 radical (unpaired) electrons. The third-order valence-corrected chi connectivity index (χ3v) is 6.65. The van der Waals surface area contributed by atoms with Crippen molar-refractivity contribution in [3.8, 4) is 0 Å². The van der Waals surface area contributed by atoms with Gasteiger partial charge in [-0.05, 0) is 51.0 Å². The molecule has 1 saturated carbocycles. The second-order valence-electron chi connectivity index (χ2n) is 9.70. The first kappa shape index (κ1) is 23.0. The van der Waals surface area contributed by atoms with Crippen LogP contribution in [-0.2, 0) is 0 Å². The van der Waals surface area contributed by atoms with Gasteiger partial charge in [-0.2, -0.15) is 13.2 Å². The average Bonchev–Trinajstić information content (AvgIpc) is 2.58. The Morgan fingerprint density at radius 2 is 1.52 bits per heavy atom. The van der Waals surface area contributed by atoms with Crippen LogP contribution >= 0.6 is 0 Å². The predicted molar refractivity (Wildman–Crippen MR) is 107 cm³/mol. The van der Waals surface area contributed by atoms with E-state index in [9.17, 15) is 13.2 Å². The molecule has 5 heteroatoms. The zero-order valence-corrected chi connectivity index (χ0v) is 17.9. The molecular formula is C22H41F3N2. The van der Waals surface area contributed by atoms with Crippen LogP contribution in [0.1, 0.15) is 79.1 Å². The summed E-state index contributed by atoms with van der Waals surface area (Å²) in [5.41, 5.74) is 0. The zero-order chi connectivity index (χ0) is 20.0. The minimum atomic E-state index is -4.13. The van der Waals surface area contributed by atoms with Gasteiger partial charge in [-0.15, -0.1) is 0 Å². The van der Waals surface area contributed by atoms with Gasteiger partial charge >= 0.3 is 6.18 Å². The van der Waals surface area contributed by atoms with Crippen LogP contribution in [-0.4, -0.2) is 54.2 Å². The van der Waals surface area contributed by atoms with Crippen LogP contribution < -0.4 is 0 Å². The lowest BCUT2D eigenvalue weighted by molar-refractivity contribution is -0.202. The van der Waals surface area contributed by atoms with Gasteiger partial charge < -0.3 is 4.90 Å². The highest BCUT2D eigenvalue weighted by atomic mass is 19.4. The van der Waals surface area contributed by atoms with Crippen molar-refractivity contribution >= 4 is 0 Å². The molecular weight excluding hydrogens is 349 g/mol. The summed E-state index contributed by atoms with van der Waals surface area (Å²) in [6, 6.07) is -1.35. The Hall–Kier alpha value is -0.290. The molecule has 0 spiro atoms. The second kappa shape index (κ2) is 10.5. The molecule has 1 atom stereocenters. The lowest BCUT2D eigenvalue weighted by Gasteiger charge is -2.44. The summed E-state index contributed by atoms with van der Waals surface area (Å²) in [5.74, 6) is 2.59. The van der Waals surface area contributed by atoms with Crippen molar-refractivity contribution < 1.29 is 13.2 Å². The maximum absolute atomic E-state index is 13.4. The molecule has 0 N–H and O–H groups in total. The maximum atomic E-state index is 13.4. The zero-order valence-electron chi connectivity index (χ0n) is 17.9. The van der Waals surface area contributed by atoms with Gasteiger partial charge in [0.25, 0.3) is 0 Å². The van der Waals surface area contributed by atoms with E-state index in [4.69, 9.17) is 0 Å². The molecule has 27 heavy (non-hydrogen) atoms. The fourth-order valence-electron chi connectivity index (χ4n) is 5.16. The number of halogens is 3. The third kappa shape index (κ3) is 7.56. The first-order valence-corrected chi connectivity index (χ1v) is 11.2. The van der Waals surface area contributed by atoms with Gasteiger partial charge in [-0.1, -0.05) is 52.4 Å². The number of piperazine rings is 1. The number of rotatable bonds is 8. The minimum absolute atomic E-state index is 0.0513. The molecule has 2 nitrogen and oxygen atoms in total. The molecule has 2 rings (SSSR count). The number of unbranched alkanes of at least 4 members (excludes halogenated alkanes) is 1. The van der Waals surface area contributed by atoms with E-state index >= 15 is 0 Å². The largest absolute Gasteiger partial charge is 0.405 e. The highest BCUT2D eigenvalue weighted by Gasteiger charge is 2.46. The van der Waals surface area contributed by atoms with Gasteiger partial charge in [-0.3, -0.25) is 4.90 Å². The standard InChI is InChI=1S/C22H41F3N2/c1-17(2)15-20-10-8-19(9-11-20)7-5-6-12-26-13-14-27(18(3)4)21(16-26)22(23,24)25/h17-21H,5-16H2,1-4H3. The Morgan fingerprint density at radius 3 is 2.07 bits per heavy atom. The molecule has 2 aliphatic rings. The van der Waals surface area contributed by atoms with Crippen molar-refractivity contribution in [2.24, 2.45) is 17.8 Å². The summed E-state index contributed by atoms with van der Waals surface area (Å²) in [6.07, 6.45) is 6.20. The summed E-state index contributed by atoms with van der Waals surface area (Å²) in [6.45, 7) is 10.6. The van der Waals surface area contributed by atoms with Crippen molar-refractivity contribution in [3.05, 3.63) is 0 Å². The summed E-state index contributed by atoms with van der Waals surface area (Å²) in [7, 11) is 0. The predicted octanol–water partition coefficient (Wildman–Crippen LogP) is 5.97. The fourth-order valence-corrected chi connectivity index (χ4v) is 5.16. The summed E-state index contributed by atoms with van der Waals surface area (Å²) < 4.78 is 40.2. The summed E-state index contributed by atoms with van der Waals surface area (Å²) >= 11 is 0. The van der Waals surface area contributed by atoms with Gasteiger partial charge in [0.1, 0.15) is 6.04 Å². The number of hydrogen-bond acceptors (Lipinski definition) is 2. The fraction of sp³-hybridized carbons (Fsp3) is 1.00. The second-order valence-corrected chi connectivity index (χ2v) is 9.70. The van der Waals surface area contributed by atoms with E-state index < -0.39 is 12.2 Å². The topological polar surface area (TPSA) is 6.48 Å². The lowest BCUT2D eigenvalue weighted by atomic mass is 9.77. The van der Waals surface area contributed by atoms with Crippen LogP contribution in [0.5, 0.6) is 0 Å². The van der Waals surface area contributed by atoms with Crippen molar-refractivity contribution in [3.63, 3.8) is 0 Å². The Kier molecular flexibility index (Phi) is 8.92. The first-order chi connectivity index (χ1) is 12.7. The van der Waals surface area contributed by atoms with Crippen LogP contribution in [0.15, 0.2) is 0 Å². The van der Waals surface area contributed by atoms with Crippen LogP contribution in [0.25, 0.3) is 0 Å². The molecule has 0 aromatic rings. The number of alkyl halides is 3. The Balaban J connectivity index is 1.65. The molecule has 0 amide bonds. The summed E-state index contributed by atoms with van der Waals surface area (Å²) in [5, 5.41) is 0. The number of nitrogens with zero attached hydrogens (tertiary/aromatic N) is 2. The van der Waals surface area contributed by atoms with Gasteiger partial charge in [0.05, 0.1) is 0 Å². The van der Waals surface area contributed by atoms with E-state index in [2.05, 4.69) is 13.8 Å². The van der Waals surface area contributed by atoms with Crippen LogP contribution in [0.2, 0.25) is 0 Å². The van der Waals surface area contributed by atoms with Crippen LogP contribution in [0.3, 0.4) is 0 Å². The highest BCUT2D eigenvalue weighted by Crippen LogP contribution is 2.35. The SMILES string of the molecule is CC(C)CC1CCC(CCCCN2CCN(C(C)C)C(C(F)(F)F)C2)CC1. The molecule has 2 fully saturated rings. The molecule has 1 aliphatic heterocycles. The van der Waals surface area contributed by atoms with E-state index in [1.807, 2.05) is 18.7 Å². The molecule has 1 saturated heterocycles. The molecule has 0 bridgehead atoms. The monoisotopic (exact) mass is 390 g/mol. The van der Waals surface area contributed by atoms with Gasteiger partial charge in [0.15, 0.2) is 0 Å². The minimum Gasteiger partial charge on any atom is -0.300 e. The highest BCUT2D eigenvalue weighted by molar-refractivity contribution is 4.88. The number of hydrogen-bond donors (Lipinski definition) is 0. The molecule has 1 heterocycles. The molecule has 0 aromatic heterocycles. The van der Waals surface area contributed by atoms with Crippen molar-refractivity contribution in [2.75, 3.05) is 26.2 Å². The maximum Gasteiger partial charge on any atom is 0.405 e. The molecule has 1 unspecified atom stereocenters. The third-order valence-electron chi connectivity index (χ3n) is 6.65. The van der Waals surface area contributed by atoms with E-state index in [0.29, 0.717) is 6.54 Å². The van der Waals surface area contributed by atoms with E-state index in [1.165, 1.54) is 44.9 Å². The molecule has 1 aliphatic carbocycles. The van der Waals surface area contributed by atoms with Gasteiger partial charge in [-0.25, -0.2) is 0 Å². The van der Waals surface area contributed by atoms with E-state index in [-0.39, 0.29) is 12.6 Å². The molecule has 0 aromatic carbocycles. The van der Waals surface area contributed by atoms with Crippen LogP contribution in [0, 0.1) is 17.8 Å². The quantitative estimate of drug-likeness (QED) is 0.471.